The van der Waals surface area contributed by atoms with E-state index in [1.54, 1.807) is 33.9 Å². The number of hydroxylamine groups is 1. The summed E-state index contributed by atoms with van der Waals surface area (Å²) < 4.78 is 49.9. The van der Waals surface area contributed by atoms with E-state index in [9.17, 15) is 18.0 Å². The van der Waals surface area contributed by atoms with Gasteiger partial charge < -0.3 is 23.6 Å². The van der Waals surface area contributed by atoms with Gasteiger partial charge in [0.1, 0.15) is 32.8 Å². The summed E-state index contributed by atoms with van der Waals surface area (Å²) >= 11 is 6.92. The zero-order chi connectivity index (χ0) is 29.6. The topological polar surface area (TPSA) is 146 Å². The van der Waals surface area contributed by atoms with Crippen molar-refractivity contribution < 1.29 is 41.6 Å². The van der Waals surface area contributed by atoms with Crippen molar-refractivity contribution >= 4 is 56.4 Å². The average Bonchev–Trinajstić information content (AvgIpc) is 3.50. The summed E-state index contributed by atoms with van der Waals surface area (Å²) in [5, 5.41) is 5.81. The Morgan fingerprint density at radius 2 is 1.82 bits per heavy atom. The van der Waals surface area contributed by atoms with Crippen molar-refractivity contribution in [2.24, 2.45) is 0 Å². The normalized spacial score (nSPS) is 11.4. The second-order valence-electron chi connectivity index (χ2n) is 8.58. The van der Waals surface area contributed by atoms with Gasteiger partial charge in [-0.2, -0.15) is 0 Å². The maximum Gasteiger partial charge on any atom is 0.330 e. The number of amides is 1. The summed E-state index contributed by atoms with van der Waals surface area (Å²) in [4.78, 5) is 30.7. The Hall–Kier alpha value is -3.17. The molecular formula is C25H30ClN3O9S2. The number of hydrogen-bond donors (Lipinski definition) is 1. The predicted molar refractivity (Wildman–Crippen MR) is 149 cm³/mol. The SMILES string of the molecule is COCCOCCOc1c(C)cc(C)c(N(OC(C)=O)C(=O)c2sccc2S(=O)(=O)Nc2onc(C)c2Cl)c1C. The number of benzene rings is 1. The molecule has 0 atom stereocenters. The molecule has 0 fully saturated rings. The molecule has 15 heteroatoms. The summed E-state index contributed by atoms with van der Waals surface area (Å²) in [6.07, 6.45) is 0. The number of thiophene rings is 1. The quantitative estimate of drug-likeness (QED) is 0.227. The molecule has 40 heavy (non-hydrogen) atoms. The van der Waals surface area contributed by atoms with Gasteiger partial charge in [-0.05, 0) is 50.3 Å². The number of sulfonamides is 1. The molecule has 0 bridgehead atoms. The zero-order valence-electron chi connectivity index (χ0n) is 22.8. The van der Waals surface area contributed by atoms with Crippen LogP contribution in [0.15, 0.2) is 26.9 Å². The Morgan fingerprint density at radius 1 is 1.12 bits per heavy atom. The van der Waals surface area contributed by atoms with Crippen LogP contribution in [-0.2, 0) is 29.1 Å². The van der Waals surface area contributed by atoms with Crippen molar-refractivity contribution in [3.63, 3.8) is 0 Å². The molecule has 1 N–H and O–H groups in total. The van der Waals surface area contributed by atoms with Crippen molar-refractivity contribution in [2.45, 2.75) is 39.5 Å². The maximum atomic E-state index is 13.8. The van der Waals surface area contributed by atoms with Gasteiger partial charge in [0.2, 0.25) is 0 Å². The Kier molecular flexibility index (Phi) is 10.6. The highest BCUT2D eigenvalue weighted by atomic mass is 35.5. The summed E-state index contributed by atoms with van der Waals surface area (Å²) in [6.45, 7) is 9.35. The zero-order valence-corrected chi connectivity index (χ0v) is 25.2. The molecule has 12 nitrogen and oxygen atoms in total. The minimum absolute atomic E-state index is 0.0178. The molecule has 0 aliphatic carbocycles. The second-order valence-corrected chi connectivity index (χ2v) is 11.5. The van der Waals surface area contributed by atoms with Crippen LogP contribution >= 0.6 is 22.9 Å². The molecule has 218 valence electrons. The predicted octanol–water partition coefficient (Wildman–Crippen LogP) is 4.59. The van der Waals surface area contributed by atoms with E-state index >= 15 is 0 Å². The van der Waals surface area contributed by atoms with Crippen molar-refractivity contribution in [1.29, 1.82) is 0 Å². The molecule has 2 aromatic heterocycles. The van der Waals surface area contributed by atoms with E-state index in [1.807, 2.05) is 6.92 Å². The second kappa shape index (κ2) is 13.5. The van der Waals surface area contributed by atoms with E-state index in [-0.39, 0.29) is 38.7 Å². The van der Waals surface area contributed by atoms with Crippen molar-refractivity contribution in [3.8, 4) is 5.75 Å². The lowest BCUT2D eigenvalue weighted by Gasteiger charge is -2.26. The molecular weight excluding hydrogens is 586 g/mol. The molecule has 0 aliphatic heterocycles. The van der Waals surface area contributed by atoms with Gasteiger partial charge in [0, 0.05) is 19.6 Å². The first-order chi connectivity index (χ1) is 18.9. The number of aromatic nitrogens is 1. The fourth-order valence-electron chi connectivity index (χ4n) is 3.81. The average molecular weight is 616 g/mol. The number of halogens is 1. The molecule has 0 radical (unpaired) electrons. The first kappa shape index (κ1) is 31.4. The van der Waals surface area contributed by atoms with Crippen LogP contribution < -0.4 is 14.5 Å². The number of anilines is 2. The smallest absolute Gasteiger partial charge is 0.330 e. The van der Waals surface area contributed by atoms with Crippen LogP contribution in [0.2, 0.25) is 5.02 Å². The number of hydrogen-bond acceptors (Lipinski definition) is 11. The number of ether oxygens (including phenoxy) is 3. The largest absolute Gasteiger partial charge is 0.491 e. The standard InChI is InChI=1S/C25H30ClN3O9S2/c1-14-13-15(2)22(36-11-10-35-9-8-34-6)16(3)21(14)29(38-18(5)30)25(31)23-19(7-12-39-23)40(32,33)28-24-20(26)17(4)27-37-24/h7,12-13,28H,8-11H2,1-6H3. The van der Waals surface area contributed by atoms with E-state index in [4.69, 9.17) is 35.2 Å². The first-order valence-electron chi connectivity index (χ1n) is 11.9. The molecule has 0 unspecified atom stereocenters. The van der Waals surface area contributed by atoms with Gasteiger partial charge in [-0.15, -0.1) is 16.4 Å². The third-order valence-corrected chi connectivity index (χ3v) is 8.35. The van der Waals surface area contributed by atoms with Gasteiger partial charge >= 0.3 is 11.9 Å². The number of nitrogens with zero attached hydrogens (tertiary/aromatic N) is 2. The van der Waals surface area contributed by atoms with Crippen LogP contribution in [0, 0.1) is 27.7 Å². The molecule has 2 heterocycles. The molecule has 1 aromatic carbocycles. The van der Waals surface area contributed by atoms with Crippen LogP contribution in [-0.4, -0.2) is 59.0 Å². The molecule has 0 saturated heterocycles. The van der Waals surface area contributed by atoms with Crippen LogP contribution in [0.3, 0.4) is 0 Å². The lowest BCUT2D eigenvalue weighted by molar-refractivity contribution is -0.141. The fourth-order valence-corrected chi connectivity index (χ4v) is 6.32. The van der Waals surface area contributed by atoms with Gasteiger partial charge in [-0.25, -0.2) is 17.9 Å². The number of rotatable bonds is 12. The molecule has 1 amide bonds. The summed E-state index contributed by atoms with van der Waals surface area (Å²) in [5.74, 6) is -1.49. The van der Waals surface area contributed by atoms with E-state index in [0.29, 0.717) is 36.7 Å². The number of nitrogens with one attached hydrogen (secondary N) is 1. The minimum Gasteiger partial charge on any atom is -0.491 e. The van der Waals surface area contributed by atoms with Crippen LogP contribution in [0.25, 0.3) is 0 Å². The lowest BCUT2D eigenvalue weighted by atomic mass is 10.0. The number of carbonyl (C=O) groups is 2. The summed E-state index contributed by atoms with van der Waals surface area (Å²) in [5.41, 5.74) is 2.41. The van der Waals surface area contributed by atoms with E-state index < -0.39 is 21.9 Å². The van der Waals surface area contributed by atoms with Gasteiger partial charge in [0.05, 0.1) is 25.5 Å². The minimum atomic E-state index is -4.35. The highest BCUT2D eigenvalue weighted by Crippen LogP contribution is 2.38. The van der Waals surface area contributed by atoms with E-state index in [0.717, 1.165) is 28.9 Å². The monoisotopic (exact) mass is 615 g/mol. The Labute approximate surface area is 241 Å². The summed E-state index contributed by atoms with van der Waals surface area (Å²) in [7, 11) is -2.77. The highest BCUT2D eigenvalue weighted by Gasteiger charge is 2.33. The molecule has 3 aromatic rings. The molecule has 3 rings (SSSR count). The number of aryl methyl sites for hydroxylation is 3. The van der Waals surface area contributed by atoms with Gasteiger partial charge in [0.25, 0.3) is 15.9 Å². The first-order valence-corrected chi connectivity index (χ1v) is 14.7. The van der Waals surface area contributed by atoms with Crippen LogP contribution in [0.1, 0.15) is 39.0 Å². The number of methoxy groups -OCH3 is 1. The molecule has 0 saturated carbocycles. The number of carbonyl (C=O) groups excluding carboxylic acids is 2. The van der Waals surface area contributed by atoms with Crippen molar-refractivity contribution in [1.82, 2.24) is 5.16 Å². The molecule has 0 spiro atoms. The fraction of sp³-hybridized carbons (Fsp3) is 0.400. The van der Waals surface area contributed by atoms with E-state index in [1.165, 1.54) is 11.4 Å². The third kappa shape index (κ3) is 7.12. The molecule has 0 aliphatic rings. The van der Waals surface area contributed by atoms with Gasteiger partial charge in [-0.3, -0.25) is 4.79 Å². The maximum absolute atomic E-state index is 13.8. The summed E-state index contributed by atoms with van der Waals surface area (Å²) in [6, 6.07) is 3.02. The Balaban J connectivity index is 1.98. The van der Waals surface area contributed by atoms with Crippen molar-refractivity contribution in [3.05, 3.63) is 49.8 Å². The van der Waals surface area contributed by atoms with Gasteiger partial charge in [0.15, 0.2) is 0 Å². The van der Waals surface area contributed by atoms with Crippen LogP contribution in [0.5, 0.6) is 5.75 Å². The highest BCUT2D eigenvalue weighted by molar-refractivity contribution is 7.93. The lowest BCUT2D eigenvalue weighted by Crippen LogP contribution is -2.34. The Morgan fingerprint density at radius 3 is 2.45 bits per heavy atom. The van der Waals surface area contributed by atoms with Crippen molar-refractivity contribution in [2.75, 3.05) is 43.3 Å². The van der Waals surface area contributed by atoms with Gasteiger partial charge in [-0.1, -0.05) is 22.8 Å². The van der Waals surface area contributed by atoms with Crippen LogP contribution in [0.4, 0.5) is 11.6 Å². The van der Waals surface area contributed by atoms with E-state index in [2.05, 4.69) is 9.88 Å². The Bertz CT molecular complexity index is 1480. The third-order valence-electron chi connectivity index (χ3n) is 5.50.